The molecule has 0 N–H and O–H groups in total. The van der Waals surface area contributed by atoms with Crippen LogP contribution in [0.1, 0.15) is 12.5 Å². The Morgan fingerprint density at radius 2 is 2.11 bits per heavy atom. The Morgan fingerprint density at radius 1 is 1.36 bits per heavy atom. The number of hydrogen-bond acceptors (Lipinski definition) is 7. The first kappa shape index (κ1) is 18.3. The summed E-state index contributed by atoms with van der Waals surface area (Å²) in [7, 11) is 0. The van der Waals surface area contributed by atoms with Crippen LogP contribution in [-0.2, 0) is 4.79 Å². The summed E-state index contributed by atoms with van der Waals surface area (Å²) in [6.07, 6.45) is 1.55. The predicted octanol–water partition coefficient (Wildman–Crippen LogP) is 3.05. The molecule has 0 spiro atoms. The maximum absolute atomic E-state index is 12.8. The van der Waals surface area contributed by atoms with Gasteiger partial charge in [-0.05, 0) is 45.8 Å². The Bertz CT molecular complexity index is 1390. The van der Waals surface area contributed by atoms with Gasteiger partial charge in [-0.1, -0.05) is 23.5 Å². The van der Waals surface area contributed by atoms with Crippen molar-refractivity contribution in [2.24, 2.45) is 0 Å². The van der Waals surface area contributed by atoms with E-state index >= 15 is 0 Å². The Kier molecular flexibility index (Phi) is 4.44. The molecule has 4 aromatic rings. The summed E-state index contributed by atoms with van der Waals surface area (Å²) in [4.78, 5) is 39.7. The number of hydrogen-bond donors (Lipinski definition) is 0. The van der Waals surface area contributed by atoms with E-state index in [1.807, 2.05) is 24.3 Å². The first-order valence-corrected chi connectivity index (χ1v) is 9.54. The molecule has 0 bridgehead atoms. The number of para-hydroxylation sites is 2. The minimum absolute atomic E-state index is 0.177. The molecule has 0 saturated carbocycles. The minimum atomic E-state index is -0.672. The molecule has 0 aliphatic heterocycles. The van der Waals surface area contributed by atoms with Crippen molar-refractivity contribution in [3.8, 4) is 5.75 Å². The standard InChI is InChI=1S/C18H10BrN3O5S/c1-9(23)27-16-11(19)6-10(7-14(16)22(25)26)8-15-17(24)21-13-5-3-2-4-12(13)20-18(21)28-15/h2-8H,1H3/b15-8-. The van der Waals surface area contributed by atoms with Crippen molar-refractivity contribution < 1.29 is 14.5 Å². The molecular formula is C18H10BrN3O5S. The van der Waals surface area contributed by atoms with E-state index in [2.05, 4.69) is 20.9 Å². The number of carbonyl (C=O) groups excluding carboxylic acids is 1. The zero-order valence-electron chi connectivity index (χ0n) is 14.2. The van der Waals surface area contributed by atoms with Gasteiger partial charge in [0.2, 0.25) is 5.75 Å². The number of nitro groups is 1. The van der Waals surface area contributed by atoms with Crippen molar-refractivity contribution in [2.75, 3.05) is 0 Å². The van der Waals surface area contributed by atoms with E-state index in [1.165, 1.54) is 21.8 Å². The summed E-state index contributed by atoms with van der Waals surface area (Å²) in [5.74, 6) is -0.849. The maximum Gasteiger partial charge on any atom is 0.313 e. The second-order valence-electron chi connectivity index (χ2n) is 5.84. The first-order chi connectivity index (χ1) is 13.3. The molecule has 4 rings (SSSR count). The third kappa shape index (κ3) is 3.06. The molecule has 140 valence electrons. The molecule has 0 unspecified atom stereocenters. The third-order valence-electron chi connectivity index (χ3n) is 3.93. The number of carbonyl (C=O) groups is 1. The van der Waals surface area contributed by atoms with Gasteiger partial charge in [0, 0.05) is 13.0 Å². The Morgan fingerprint density at radius 3 is 2.82 bits per heavy atom. The molecule has 10 heteroatoms. The van der Waals surface area contributed by atoms with Crippen molar-refractivity contribution in [2.45, 2.75) is 6.92 Å². The Hall–Kier alpha value is -3.11. The average molecular weight is 460 g/mol. The largest absolute Gasteiger partial charge is 0.418 e. The van der Waals surface area contributed by atoms with Crippen LogP contribution in [0.2, 0.25) is 0 Å². The van der Waals surface area contributed by atoms with Gasteiger partial charge in [-0.2, -0.15) is 0 Å². The van der Waals surface area contributed by atoms with Gasteiger partial charge in [0.15, 0.2) is 4.96 Å². The fourth-order valence-electron chi connectivity index (χ4n) is 2.83. The highest BCUT2D eigenvalue weighted by molar-refractivity contribution is 9.10. The van der Waals surface area contributed by atoms with Gasteiger partial charge in [-0.3, -0.25) is 19.7 Å². The van der Waals surface area contributed by atoms with Crippen molar-refractivity contribution in [1.29, 1.82) is 0 Å². The lowest BCUT2D eigenvalue weighted by Crippen LogP contribution is -2.22. The molecule has 0 aliphatic rings. The lowest BCUT2D eigenvalue weighted by atomic mass is 10.2. The topological polar surface area (TPSA) is 104 Å². The lowest BCUT2D eigenvalue weighted by molar-refractivity contribution is -0.385. The van der Waals surface area contributed by atoms with Gasteiger partial charge >= 0.3 is 11.7 Å². The molecule has 0 aliphatic carbocycles. The van der Waals surface area contributed by atoms with Crippen LogP contribution in [-0.4, -0.2) is 20.3 Å². The van der Waals surface area contributed by atoms with E-state index in [0.29, 0.717) is 20.6 Å². The summed E-state index contributed by atoms with van der Waals surface area (Å²) in [6, 6.07) is 10.1. The zero-order valence-corrected chi connectivity index (χ0v) is 16.6. The second kappa shape index (κ2) is 6.80. The van der Waals surface area contributed by atoms with E-state index in [9.17, 15) is 19.7 Å². The predicted molar refractivity (Wildman–Crippen MR) is 108 cm³/mol. The first-order valence-electron chi connectivity index (χ1n) is 7.93. The minimum Gasteiger partial charge on any atom is -0.418 e. The number of nitrogens with zero attached hydrogens (tertiary/aromatic N) is 3. The third-order valence-corrected chi connectivity index (χ3v) is 5.49. The molecule has 0 amide bonds. The van der Waals surface area contributed by atoms with E-state index in [4.69, 9.17) is 4.74 Å². The molecule has 8 nitrogen and oxygen atoms in total. The van der Waals surface area contributed by atoms with Gasteiger partial charge in [-0.15, -0.1) is 0 Å². The van der Waals surface area contributed by atoms with Gasteiger partial charge in [0.1, 0.15) is 0 Å². The number of halogens is 1. The highest BCUT2D eigenvalue weighted by Crippen LogP contribution is 2.36. The molecule has 2 aromatic carbocycles. The number of imidazole rings is 1. The number of fused-ring (bicyclic) bond motifs is 3. The summed E-state index contributed by atoms with van der Waals surface area (Å²) >= 11 is 4.39. The second-order valence-corrected chi connectivity index (χ2v) is 7.70. The smallest absolute Gasteiger partial charge is 0.313 e. The van der Waals surface area contributed by atoms with Gasteiger partial charge in [0.25, 0.3) is 5.56 Å². The Balaban J connectivity index is 1.91. The molecular weight excluding hydrogens is 450 g/mol. The normalized spacial score (nSPS) is 12.0. The zero-order chi connectivity index (χ0) is 20.0. The van der Waals surface area contributed by atoms with Crippen molar-refractivity contribution >= 4 is 61.0 Å². The summed E-state index contributed by atoms with van der Waals surface area (Å²) in [5, 5.41) is 11.4. The van der Waals surface area contributed by atoms with Crippen LogP contribution in [0.15, 0.2) is 45.7 Å². The van der Waals surface area contributed by atoms with Crippen LogP contribution in [0.5, 0.6) is 5.75 Å². The van der Waals surface area contributed by atoms with E-state index < -0.39 is 10.9 Å². The summed E-state index contributed by atoms with van der Waals surface area (Å²) in [6.45, 7) is 1.16. The number of ether oxygens (including phenoxy) is 1. The van der Waals surface area contributed by atoms with E-state index in [0.717, 1.165) is 12.4 Å². The highest BCUT2D eigenvalue weighted by atomic mass is 79.9. The molecule has 0 atom stereocenters. The number of thiazole rings is 1. The van der Waals surface area contributed by atoms with Crippen LogP contribution >= 0.6 is 27.3 Å². The fourth-order valence-corrected chi connectivity index (χ4v) is 4.36. The molecule has 2 heterocycles. The summed E-state index contributed by atoms with van der Waals surface area (Å²) in [5.41, 5.74) is 1.21. The van der Waals surface area contributed by atoms with Crippen molar-refractivity contribution in [1.82, 2.24) is 9.38 Å². The lowest BCUT2D eigenvalue weighted by Gasteiger charge is -2.06. The molecule has 28 heavy (non-hydrogen) atoms. The van der Waals surface area contributed by atoms with Crippen LogP contribution in [0.25, 0.3) is 22.1 Å². The Labute approximate surface area is 169 Å². The van der Waals surface area contributed by atoms with Gasteiger partial charge in [0.05, 0.1) is 25.0 Å². The molecule has 0 fully saturated rings. The number of benzene rings is 2. The number of nitro benzene ring substituents is 1. The van der Waals surface area contributed by atoms with Gasteiger partial charge < -0.3 is 4.74 Å². The SMILES string of the molecule is CC(=O)Oc1c(Br)cc(/C=c2\sc3nc4ccccc4n3c2=O)cc1[N+](=O)[O-]. The molecule has 0 saturated heterocycles. The fraction of sp³-hybridized carbons (Fsp3) is 0.0556. The number of esters is 1. The molecule has 2 aromatic heterocycles. The quantitative estimate of drug-likeness (QED) is 0.202. The van der Waals surface area contributed by atoms with Gasteiger partial charge in [-0.25, -0.2) is 9.38 Å². The molecule has 0 radical (unpaired) electrons. The van der Waals surface area contributed by atoms with Crippen molar-refractivity contribution in [3.63, 3.8) is 0 Å². The van der Waals surface area contributed by atoms with Crippen LogP contribution in [0.3, 0.4) is 0 Å². The maximum atomic E-state index is 12.8. The van der Waals surface area contributed by atoms with Crippen LogP contribution < -0.4 is 14.8 Å². The van der Waals surface area contributed by atoms with Crippen LogP contribution in [0, 0.1) is 10.1 Å². The monoisotopic (exact) mass is 459 g/mol. The highest BCUT2D eigenvalue weighted by Gasteiger charge is 2.21. The number of rotatable bonds is 3. The van der Waals surface area contributed by atoms with E-state index in [-0.39, 0.29) is 21.5 Å². The summed E-state index contributed by atoms with van der Waals surface area (Å²) < 4.78 is 7.07. The van der Waals surface area contributed by atoms with E-state index in [1.54, 1.807) is 12.1 Å². The average Bonchev–Trinajstić information content (AvgIpc) is 3.13. The van der Waals surface area contributed by atoms with Crippen LogP contribution in [0.4, 0.5) is 5.69 Å². The van der Waals surface area contributed by atoms with Crippen molar-refractivity contribution in [3.05, 3.63) is 71.4 Å². The number of aromatic nitrogens is 2.